The average molecular weight is 367 g/mol. The van der Waals surface area contributed by atoms with Crippen LogP contribution in [0.5, 0.6) is 0 Å². The molecule has 0 aromatic carbocycles. The quantitative estimate of drug-likeness (QED) is 0.176. The predicted molar refractivity (Wildman–Crippen MR) is 73.5 cm³/mol. The second-order valence-electron chi connectivity index (χ2n) is 3.88. The van der Waals surface area contributed by atoms with E-state index in [1.54, 1.807) is 0 Å². The number of aliphatic hydroxyl groups is 1. The van der Waals surface area contributed by atoms with Crippen molar-refractivity contribution in [3.63, 3.8) is 0 Å². The van der Waals surface area contributed by atoms with E-state index in [1.807, 2.05) is 0 Å². The lowest BCUT2D eigenvalue weighted by atomic mass is 10.1. The summed E-state index contributed by atoms with van der Waals surface area (Å²) in [5.41, 5.74) is 2.27. The van der Waals surface area contributed by atoms with E-state index in [9.17, 15) is 24.1 Å². The van der Waals surface area contributed by atoms with E-state index in [1.165, 1.54) is 0 Å². The topological polar surface area (TPSA) is 170 Å². The van der Waals surface area contributed by atoms with Gasteiger partial charge in [-0.1, -0.05) is 33.8 Å². The molecule has 0 saturated carbocycles. The molecule has 1 unspecified atom stereocenters. The smallest absolute Gasteiger partial charge is 0.372 e. The summed E-state index contributed by atoms with van der Waals surface area (Å²) in [5, 5.41) is 9.33. The number of carbonyl (C=O) groups is 3. The molecule has 0 heterocycles. The summed E-state index contributed by atoms with van der Waals surface area (Å²) in [6.07, 6.45) is 1.22. The molecule has 0 aliphatic carbocycles. The van der Waals surface area contributed by atoms with Gasteiger partial charge in [-0.05, 0) is 6.92 Å². The van der Waals surface area contributed by atoms with Crippen LogP contribution in [0.1, 0.15) is 6.92 Å². The Labute approximate surface area is 135 Å². The molecule has 24 heavy (non-hydrogen) atoms. The largest absolute Gasteiger partial charge is 0.584 e. The Kier molecular flexibility index (Phi) is 8.19. The summed E-state index contributed by atoms with van der Waals surface area (Å²) < 4.78 is 23.9. The number of hydrogen-bond donors (Lipinski definition) is 2. The Bertz CT molecular complexity index is 563. The molecule has 0 rings (SSSR count). The summed E-state index contributed by atoms with van der Waals surface area (Å²) in [5.74, 6) is -3.96. The molecule has 12 nitrogen and oxygen atoms in total. The molecule has 0 aromatic rings. The molecule has 3 N–H and O–H groups in total. The zero-order valence-corrected chi connectivity index (χ0v) is 13.2. The third-order valence-corrected chi connectivity index (χ3v) is 2.59. The first-order valence-corrected chi connectivity index (χ1v) is 7.18. The normalized spacial score (nSPS) is 13.1. The van der Waals surface area contributed by atoms with Crippen molar-refractivity contribution in [2.24, 2.45) is 5.73 Å². The third kappa shape index (κ3) is 7.78. The number of rotatable bonds is 10. The highest BCUT2D eigenvalue weighted by Crippen LogP contribution is 2.50. The molecule has 0 bridgehead atoms. The highest BCUT2D eigenvalue weighted by molar-refractivity contribution is 7.48. The second kappa shape index (κ2) is 9.08. The number of carbonyl (C=O) groups excluding carboxylic acids is 3. The molecule has 0 radical (unpaired) electrons. The Morgan fingerprint density at radius 2 is 1.42 bits per heavy atom. The number of hydrogen-bond acceptors (Lipinski definition) is 12. The van der Waals surface area contributed by atoms with Gasteiger partial charge in [0.2, 0.25) is 0 Å². The van der Waals surface area contributed by atoms with Gasteiger partial charge >= 0.3 is 25.7 Å². The third-order valence-electron chi connectivity index (χ3n) is 1.82. The zero-order chi connectivity index (χ0) is 19.0. The first kappa shape index (κ1) is 21.7. The molecule has 0 spiro atoms. The molecular weight excluding hydrogens is 353 g/mol. The lowest BCUT2D eigenvalue weighted by molar-refractivity contribution is -0.292. The first-order chi connectivity index (χ1) is 10.9. The van der Waals surface area contributed by atoms with Gasteiger partial charge in [0.1, 0.15) is 5.72 Å². The molecule has 0 aromatic heterocycles. The van der Waals surface area contributed by atoms with Crippen molar-refractivity contribution in [1.29, 1.82) is 0 Å². The van der Waals surface area contributed by atoms with Crippen molar-refractivity contribution in [3.8, 4) is 0 Å². The molecule has 1 atom stereocenters. The van der Waals surface area contributed by atoms with E-state index in [2.05, 4.69) is 48.4 Å². The Morgan fingerprint density at radius 1 is 1.04 bits per heavy atom. The molecule has 0 amide bonds. The fourth-order valence-corrected chi connectivity index (χ4v) is 1.17. The van der Waals surface area contributed by atoms with E-state index in [0.29, 0.717) is 12.2 Å². The lowest BCUT2D eigenvalue weighted by Gasteiger charge is -2.18. The van der Waals surface area contributed by atoms with Crippen LogP contribution in [0.4, 0.5) is 0 Å². The van der Waals surface area contributed by atoms with E-state index in [0.717, 1.165) is 6.92 Å². The van der Waals surface area contributed by atoms with Gasteiger partial charge in [-0.2, -0.15) is 0 Å². The zero-order valence-electron chi connectivity index (χ0n) is 12.3. The van der Waals surface area contributed by atoms with E-state index >= 15 is 0 Å². The van der Waals surface area contributed by atoms with Gasteiger partial charge in [0.25, 0.3) is 0 Å². The fourth-order valence-electron chi connectivity index (χ4n) is 0.606. The van der Waals surface area contributed by atoms with E-state index < -0.39 is 37.0 Å². The number of nitrogens with two attached hydrogens (primary N) is 1. The Hall–Kier alpha value is -2.34. The molecule has 0 aliphatic heterocycles. The van der Waals surface area contributed by atoms with Gasteiger partial charge in [-0.3, -0.25) is 20.4 Å². The molecule has 134 valence electrons. The predicted octanol–water partition coefficient (Wildman–Crippen LogP) is 0.114. The summed E-state index contributed by atoms with van der Waals surface area (Å²) in [7, 11) is -5.09. The van der Waals surface area contributed by atoms with E-state index in [4.69, 9.17) is 5.73 Å². The monoisotopic (exact) mass is 367 g/mol. The second-order valence-corrected chi connectivity index (χ2v) is 5.22. The first-order valence-electron chi connectivity index (χ1n) is 5.71. The molecule has 0 fully saturated rings. The summed E-state index contributed by atoms with van der Waals surface area (Å²) >= 11 is 0. The maximum atomic E-state index is 11.9. The van der Waals surface area contributed by atoms with Crippen molar-refractivity contribution in [1.82, 2.24) is 0 Å². The standard InChI is InChI=1S/C11H14NO11P/c1-5-8(13)18-21-24(17,22-19-9(14)6-2)23-20-10(15)7(3)11(4,12)16/h5-6,16H,1-3,12H2,4H3. The minimum absolute atomic E-state index is 0.611. The molecular formula is C11H14NO11P. The highest BCUT2D eigenvalue weighted by Gasteiger charge is 2.38. The van der Waals surface area contributed by atoms with Crippen LogP contribution in [0.2, 0.25) is 0 Å². The van der Waals surface area contributed by atoms with Crippen molar-refractivity contribution in [2.75, 3.05) is 0 Å². The average Bonchev–Trinajstić information content (AvgIpc) is 2.53. The van der Waals surface area contributed by atoms with Crippen molar-refractivity contribution in [3.05, 3.63) is 37.5 Å². The highest BCUT2D eigenvalue weighted by atomic mass is 31.2. The van der Waals surface area contributed by atoms with Crippen molar-refractivity contribution >= 4 is 25.7 Å². The van der Waals surface area contributed by atoms with Crippen molar-refractivity contribution < 1.29 is 52.7 Å². The van der Waals surface area contributed by atoms with Crippen LogP contribution >= 0.6 is 7.82 Å². The summed E-state index contributed by atoms with van der Waals surface area (Å²) in [4.78, 5) is 44.9. The maximum Gasteiger partial charge on any atom is 0.584 e. The lowest BCUT2D eigenvalue weighted by Crippen LogP contribution is -2.40. The van der Waals surface area contributed by atoms with Crippen LogP contribution in [-0.4, -0.2) is 28.7 Å². The van der Waals surface area contributed by atoms with Gasteiger partial charge in [-0.15, -0.1) is 0 Å². The number of phosphoric acid groups is 1. The van der Waals surface area contributed by atoms with Gasteiger partial charge < -0.3 is 5.11 Å². The van der Waals surface area contributed by atoms with Crippen LogP contribution in [0.15, 0.2) is 37.5 Å². The summed E-state index contributed by atoms with van der Waals surface area (Å²) in [6, 6.07) is 0. The fraction of sp³-hybridized carbons (Fsp3) is 0.182. The van der Waals surface area contributed by atoms with Crippen LogP contribution in [0.3, 0.4) is 0 Å². The molecule has 13 heteroatoms. The van der Waals surface area contributed by atoms with Crippen LogP contribution in [-0.2, 0) is 47.6 Å². The van der Waals surface area contributed by atoms with E-state index in [-0.39, 0.29) is 0 Å². The molecule has 0 saturated heterocycles. The van der Waals surface area contributed by atoms with Crippen molar-refractivity contribution in [2.45, 2.75) is 12.6 Å². The maximum absolute atomic E-state index is 11.9. The minimum atomic E-state index is -5.09. The Morgan fingerprint density at radius 3 is 1.75 bits per heavy atom. The van der Waals surface area contributed by atoms with Gasteiger partial charge in [0, 0.05) is 12.2 Å². The van der Waals surface area contributed by atoms with Gasteiger partial charge in [0.05, 0.1) is 5.57 Å². The summed E-state index contributed by atoms with van der Waals surface area (Å²) in [6.45, 7) is 10.1. The Balaban J connectivity index is 4.95. The molecule has 0 aliphatic rings. The van der Waals surface area contributed by atoms with Crippen LogP contribution in [0.25, 0.3) is 0 Å². The van der Waals surface area contributed by atoms with Crippen LogP contribution < -0.4 is 5.73 Å². The van der Waals surface area contributed by atoms with Crippen LogP contribution in [0, 0.1) is 0 Å². The SMILES string of the molecule is C=CC(=O)OOP(=O)(OOC(=O)C=C)OOC(=O)C(=C)C(C)(N)O. The van der Waals surface area contributed by atoms with Gasteiger partial charge in [0.15, 0.2) is 0 Å². The minimum Gasteiger partial charge on any atom is -0.372 e. The van der Waals surface area contributed by atoms with Gasteiger partial charge in [-0.25, -0.2) is 18.9 Å².